The number of aromatic hydroxyl groups is 1. The van der Waals surface area contributed by atoms with E-state index in [1.54, 1.807) is 13.8 Å². The van der Waals surface area contributed by atoms with Gasteiger partial charge in [-0.2, -0.15) is 4.39 Å². The summed E-state index contributed by atoms with van der Waals surface area (Å²) in [5.74, 6) is -5.33. The van der Waals surface area contributed by atoms with E-state index in [-0.39, 0.29) is 17.0 Å². The minimum atomic E-state index is -1.52. The molecule has 1 N–H and O–H groups in total. The monoisotopic (exact) mass is 204 g/mol. The molecule has 14 heavy (non-hydrogen) atoms. The summed E-state index contributed by atoms with van der Waals surface area (Å²) >= 11 is 0. The van der Waals surface area contributed by atoms with Crippen LogP contribution in [0.3, 0.4) is 0 Å². The van der Waals surface area contributed by atoms with Gasteiger partial charge in [-0.3, -0.25) is 0 Å². The standard InChI is InChI=1S/C10H11F3O/c1-4(2)6-5(3)7(11)9(13)10(14)8(6)12/h4,14H,1-3H3. The fourth-order valence-electron chi connectivity index (χ4n) is 1.46. The highest BCUT2D eigenvalue weighted by atomic mass is 19.2. The van der Waals surface area contributed by atoms with E-state index in [1.807, 2.05) is 0 Å². The molecule has 0 bridgehead atoms. The Hall–Kier alpha value is -1.19. The average molecular weight is 204 g/mol. The van der Waals surface area contributed by atoms with Crippen LogP contribution in [0, 0.1) is 24.4 Å². The molecule has 0 amide bonds. The highest BCUT2D eigenvalue weighted by Crippen LogP contribution is 2.33. The lowest BCUT2D eigenvalue weighted by Crippen LogP contribution is -2.03. The van der Waals surface area contributed by atoms with Crippen molar-refractivity contribution in [2.75, 3.05) is 0 Å². The fourth-order valence-corrected chi connectivity index (χ4v) is 1.46. The van der Waals surface area contributed by atoms with Gasteiger partial charge < -0.3 is 5.11 Å². The molecule has 0 saturated carbocycles. The molecular weight excluding hydrogens is 193 g/mol. The SMILES string of the molecule is Cc1c(F)c(F)c(O)c(F)c1C(C)C. The van der Waals surface area contributed by atoms with Crippen LogP contribution in [0.2, 0.25) is 0 Å². The van der Waals surface area contributed by atoms with E-state index in [2.05, 4.69) is 0 Å². The molecule has 0 fully saturated rings. The number of phenolic OH excluding ortho intramolecular Hbond substituents is 1. The zero-order chi connectivity index (χ0) is 11.0. The van der Waals surface area contributed by atoms with Crippen molar-refractivity contribution in [2.24, 2.45) is 0 Å². The fraction of sp³-hybridized carbons (Fsp3) is 0.400. The van der Waals surface area contributed by atoms with E-state index in [1.165, 1.54) is 6.92 Å². The van der Waals surface area contributed by atoms with Crippen LogP contribution in [0.15, 0.2) is 0 Å². The Morgan fingerprint density at radius 2 is 1.50 bits per heavy atom. The van der Waals surface area contributed by atoms with Crippen molar-refractivity contribution in [1.29, 1.82) is 0 Å². The number of rotatable bonds is 1. The number of phenols is 1. The zero-order valence-electron chi connectivity index (χ0n) is 8.16. The van der Waals surface area contributed by atoms with Crippen LogP contribution in [0.5, 0.6) is 5.75 Å². The largest absolute Gasteiger partial charge is 0.503 e. The summed E-state index contributed by atoms with van der Waals surface area (Å²) in [6.07, 6.45) is 0. The van der Waals surface area contributed by atoms with Crippen molar-refractivity contribution in [3.05, 3.63) is 28.6 Å². The van der Waals surface area contributed by atoms with Gasteiger partial charge >= 0.3 is 0 Å². The van der Waals surface area contributed by atoms with Gasteiger partial charge in [0.2, 0.25) is 5.82 Å². The van der Waals surface area contributed by atoms with Gasteiger partial charge in [0, 0.05) is 5.56 Å². The molecule has 0 aliphatic heterocycles. The summed E-state index contributed by atoms with van der Waals surface area (Å²) in [7, 11) is 0. The molecule has 1 aromatic carbocycles. The van der Waals surface area contributed by atoms with E-state index in [9.17, 15) is 13.2 Å². The molecule has 78 valence electrons. The van der Waals surface area contributed by atoms with Crippen molar-refractivity contribution in [3.63, 3.8) is 0 Å². The van der Waals surface area contributed by atoms with E-state index in [0.717, 1.165) is 0 Å². The first kappa shape index (κ1) is 10.9. The molecule has 0 saturated heterocycles. The minimum Gasteiger partial charge on any atom is -0.503 e. The second kappa shape index (κ2) is 3.52. The smallest absolute Gasteiger partial charge is 0.203 e. The summed E-state index contributed by atoms with van der Waals surface area (Å²) in [5, 5.41) is 8.95. The first-order chi connectivity index (χ1) is 6.37. The van der Waals surface area contributed by atoms with Crippen LogP contribution in [0.25, 0.3) is 0 Å². The van der Waals surface area contributed by atoms with E-state index in [4.69, 9.17) is 5.11 Å². The van der Waals surface area contributed by atoms with Crippen LogP contribution in [-0.2, 0) is 0 Å². The molecule has 0 spiro atoms. The Balaban J connectivity index is 3.60. The maximum absolute atomic E-state index is 13.3. The van der Waals surface area contributed by atoms with Gasteiger partial charge in [0.15, 0.2) is 17.4 Å². The maximum Gasteiger partial charge on any atom is 0.203 e. The molecule has 1 nitrogen and oxygen atoms in total. The average Bonchev–Trinajstić information content (AvgIpc) is 2.11. The van der Waals surface area contributed by atoms with Crippen molar-refractivity contribution in [1.82, 2.24) is 0 Å². The summed E-state index contributed by atoms with van der Waals surface area (Å²) in [5.41, 5.74) is -0.0748. The second-order valence-corrected chi connectivity index (χ2v) is 3.48. The van der Waals surface area contributed by atoms with Gasteiger partial charge in [0.1, 0.15) is 0 Å². The topological polar surface area (TPSA) is 20.2 Å². The third-order valence-corrected chi connectivity index (χ3v) is 2.16. The van der Waals surface area contributed by atoms with Gasteiger partial charge in [-0.1, -0.05) is 13.8 Å². The summed E-state index contributed by atoms with van der Waals surface area (Å²) in [4.78, 5) is 0. The quantitative estimate of drug-likeness (QED) is 0.696. The van der Waals surface area contributed by atoms with Crippen LogP contribution >= 0.6 is 0 Å². The molecule has 0 radical (unpaired) electrons. The molecule has 1 rings (SSSR count). The first-order valence-electron chi connectivity index (χ1n) is 4.23. The summed E-state index contributed by atoms with van der Waals surface area (Å²) in [6.45, 7) is 4.57. The molecule has 0 aliphatic carbocycles. The Labute approximate surface area is 80.2 Å². The van der Waals surface area contributed by atoms with E-state index >= 15 is 0 Å². The molecule has 1 aromatic rings. The van der Waals surface area contributed by atoms with Crippen molar-refractivity contribution < 1.29 is 18.3 Å². The lowest BCUT2D eigenvalue weighted by atomic mass is 9.96. The van der Waals surface area contributed by atoms with Gasteiger partial charge in [-0.25, -0.2) is 8.78 Å². The van der Waals surface area contributed by atoms with E-state index < -0.39 is 23.2 Å². The minimum absolute atomic E-state index is 0.0152. The molecule has 0 aromatic heterocycles. The highest BCUT2D eigenvalue weighted by Gasteiger charge is 2.23. The van der Waals surface area contributed by atoms with Gasteiger partial charge in [-0.15, -0.1) is 0 Å². The molecule has 0 atom stereocenters. The summed E-state index contributed by atoms with van der Waals surface area (Å²) < 4.78 is 39.2. The molecule has 0 heterocycles. The van der Waals surface area contributed by atoms with Crippen LogP contribution in [-0.4, -0.2) is 5.11 Å². The predicted molar refractivity (Wildman–Crippen MR) is 46.8 cm³/mol. The Morgan fingerprint density at radius 1 is 1.00 bits per heavy atom. The highest BCUT2D eigenvalue weighted by molar-refractivity contribution is 5.40. The predicted octanol–water partition coefficient (Wildman–Crippen LogP) is 3.24. The van der Waals surface area contributed by atoms with Gasteiger partial charge in [0.05, 0.1) is 0 Å². The Morgan fingerprint density at radius 3 is 1.93 bits per heavy atom. The number of hydrogen-bond donors (Lipinski definition) is 1. The number of halogens is 3. The lowest BCUT2D eigenvalue weighted by molar-refractivity contribution is 0.369. The zero-order valence-corrected chi connectivity index (χ0v) is 8.16. The molecule has 0 unspecified atom stereocenters. The Bertz CT molecular complexity index is 343. The van der Waals surface area contributed by atoms with Crippen molar-refractivity contribution >= 4 is 0 Å². The molecule has 0 aliphatic rings. The van der Waals surface area contributed by atoms with Crippen LogP contribution in [0.1, 0.15) is 30.9 Å². The van der Waals surface area contributed by atoms with Crippen molar-refractivity contribution in [2.45, 2.75) is 26.7 Å². The second-order valence-electron chi connectivity index (χ2n) is 3.48. The van der Waals surface area contributed by atoms with Gasteiger partial charge in [0.25, 0.3) is 0 Å². The van der Waals surface area contributed by atoms with Gasteiger partial charge in [-0.05, 0) is 18.4 Å². The third-order valence-electron chi connectivity index (χ3n) is 2.16. The van der Waals surface area contributed by atoms with E-state index in [0.29, 0.717) is 0 Å². The normalized spacial score (nSPS) is 11.1. The lowest BCUT2D eigenvalue weighted by Gasteiger charge is -2.13. The summed E-state index contributed by atoms with van der Waals surface area (Å²) in [6, 6.07) is 0. The van der Waals surface area contributed by atoms with Crippen molar-refractivity contribution in [3.8, 4) is 5.75 Å². The first-order valence-corrected chi connectivity index (χ1v) is 4.23. The number of hydrogen-bond acceptors (Lipinski definition) is 1. The number of benzene rings is 1. The van der Waals surface area contributed by atoms with Crippen LogP contribution in [0.4, 0.5) is 13.2 Å². The Kier molecular flexibility index (Phi) is 2.73. The third kappa shape index (κ3) is 1.45. The molecule has 4 heteroatoms. The maximum atomic E-state index is 13.3. The molecular formula is C10H11F3O. The van der Waals surface area contributed by atoms with Crippen LogP contribution < -0.4 is 0 Å².